The zero-order valence-corrected chi connectivity index (χ0v) is 11.5. The number of benzene rings is 2. The van der Waals surface area contributed by atoms with Gasteiger partial charge in [-0.25, -0.2) is 0 Å². The largest absolute Gasteiger partial charge is 0.457 e. The lowest BCUT2D eigenvalue weighted by Crippen LogP contribution is -2.00. The maximum absolute atomic E-state index is 5.87. The van der Waals surface area contributed by atoms with Crippen molar-refractivity contribution in [2.45, 2.75) is 13.3 Å². The molecule has 0 spiro atoms. The molecule has 3 rings (SSSR count). The van der Waals surface area contributed by atoms with E-state index < -0.39 is 0 Å². The quantitative estimate of drug-likeness (QED) is 0.913. The van der Waals surface area contributed by atoms with Crippen LogP contribution in [0.2, 0.25) is 0 Å². The van der Waals surface area contributed by atoms with Crippen molar-refractivity contribution in [3.8, 4) is 11.5 Å². The molecule has 101 valence electrons. The van der Waals surface area contributed by atoms with Crippen LogP contribution in [0.3, 0.4) is 0 Å². The molecular weight excluding hydrogens is 248 g/mol. The van der Waals surface area contributed by atoms with Gasteiger partial charge in [0.1, 0.15) is 11.5 Å². The fraction of sp³-hybridized carbons (Fsp3) is 0.176. The number of nitrogens with zero attached hydrogens (tertiary/aromatic N) is 1. The Morgan fingerprint density at radius 1 is 1.05 bits per heavy atom. The lowest BCUT2D eigenvalue weighted by molar-refractivity contribution is 0.482. The van der Waals surface area contributed by atoms with Crippen LogP contribution in [0.15, 0.2) is 54.2 Å². The van der Waals surface area contributed by atoms with E-state index in [1.54, 1.807) is 0 Å². The molecule has 0 unspecified atom stereocenters. The third-order valence-electron chi connectivity index (χ3n) is 3.39. The van der Waals surface area contributed by atoms with Crippen molar-refractivity contribution in [2.24, 2.45) is 5.73 Å². The molecule has 1 aliphatic rings. The summed E-state index contributed by atoms with van der Waals surface area (Å²) in [4.78, 5) is 0. The molecule has 1 radical (unpaired) electrons. The molecule has 1 aliphatic heterocycles. The maximum atomic E-state index is 5.87. The zero-order valence-electron chi connectivity index (χ0n) is 11.5. The van der Waals surface area contributed by atoms with Gasteiger partial charge in [0.15, 0.2) is 0 Å². The number of ether oxygens (including phenoxy) is 1. The molecule has 0 amide bonds. The van der Waals surface area contributed by atoms with Gasteiger partial charge in [-0.05, 0) is 55.8 Å². The first-order chi connectivity index (χ1) is 9.78. The van der Waals surface area contributed by atoms with Crippen LogP contribution in [0.5, 0.6) is 11.5 Å². The number of rotatable bonds is 4. The lowest BCUT2D eigenvalue weighted by atomic mass is 10.0. The van der Waals surface area contributed by atoms with Crippen LogP contribution >= 0.6 is 0 Å². The third kappa shape index (κ3) is 2.40. The van der Waals surface area contributed by atoms with Gasteiger partial charge in [0.2, 0.25) is 0 Å². The van der Waals surface area contributed by atoms with Crippen LogP contribution < -0.4 is 15.8 Å². The molecule has 0 saturated heterocycles. The van der Waals surface area contributed by atoms with Gasteiger partial charge in [0.05, 0.1) is 5.69 Å². The monoisotopic (exact) mass is 265 g/mol. The van der Waals surface area contributed by atoms with Crippen molar-refractivity contribution in [2.75, 3.05) is 6.54 Å². The van der Waals surface area contributed by atoms with Gasteiger partial charge in [-0.15, -0.1) is 0 Å². The van der Waals surface area contributed by atoms with Crippen molar-refractivity contribution in [1.82, 2.24) is 5.32 Å². The van der Waals surface area contributed by atoms with Crippen molar-refractivity contribution in [3.05, 3.63) is 59.8 Å². The van der Waals surface area contributed by atoms with E-state index in [0.717, 1.165) is 34.9 Å². The van der Waals surface area contributed by atoms with Crippen LogP contribution in [-0.2, 0) is 0 Å². The molecule has 3 nitrogen and oxygen atoms in total. The van der Waals surface area contributed by atoms with Gasteiger partial charge < -0.3 is 10.5 Å². The summed E-state index contributed by atoms with van der Waals surface area (Å²) < 4.78 is 5.87. The minimum absolute atomic E-state index is 0.630. The number of hydrogen-bond donors (Lipinski definition) is 1. The van der Waals surface area contributed by atoms with Gasteiger partial charge in [-0.3, -0.25) is 5.32 Å². The van der Waals surface area contributed by atoms with E-state index in [1.165, 1.54) is 5.57 Å². The van der Waals surface area contributed by atoms with Gasteiger partial charge in [0.25, 0.3) is 0 Å². The van der Waals surface area contributed by atoms with Crippen molar-refractivity contribution < 1.29 is 4.74 Å². The van der Waals surface area contributed by atoms with Gasteiger partial charge in [0, 0.05) is 11.3 Å². The minimum atomic E-state index is 0.630. The molecule has 0 fully saturated rings. The predicted octanol–water partition coefficient (Wildman–Crippen LogP) is 3.81. The second-order valence-corrected chi connectivity index (χ2v) is 4.81. The van der Waals surface area contributed by atoms with Gasteiger partial charge in [-0.1, -0.05) is 18.2 Å². The molecule has 1 heterocycles. The average molecular weight is 265 g/mol. The highest BCUT2D eigenvalue weighted by molar-refractivity contribution is 5.82. The highest BCUT2D eigenvalue weighted by atomic mass is 16.5. The zero-order chi connectivity index (χ0) is 13.9. The van der Waals surface area contributed by atoms with E-state index in [9.17, 15) is 0 Å². The Labute approximate surface area is 119 Å². The Balaban J connectivity index is 1.90. The summed E-state index contributed by atoms with van der Waals surface area (Å²) in [7, 11) is 0. The van der Waals surface area contributed by atoms with Crippen LogP contribution in [0.25, 0.3) is 5.57 Å². The summed E-state index contributed by atoms with van der Waals surface area (Å²) in [5.74, 6) is 1.66. The highest BCUT2D eigenvalue weighted by Gasteiger charge is 2.20. The van der Waals surface area contributed by atoms with E-state index in [-0.39, 0.29) is 0 Å². The summed E-state index contributed by atoms with van der Waals surface area (Å²) in [5.41, 5.74) is 10.1. The van der Waals surface area contributed by atoms with E-state index in [1.807, 2.05) is 55.5 Å². The third-order valence-corrected chi connectivity index (χ3v) is 3.39. The van der Waals surface area contributed by atoms with Gasteiger partial charge >= 0.3 is 0 Å². The topological polar surface area (TPSA) is 49.4 Å². The van der Waals surface area contributed by atoms with Crippen LogP contribution in [0.1, 0.15) is 18.9 Å². The standard InChI is InChI=1S/C17H17N2O/c1-12-15(9-10-18)16-11-14(7-8-17(16)19-12)20-13-5-3-2-4-6-13/h2-8,11H,9-10,18H2,1H3. The Morgan fingerprint density at radius 2 is 1.85 bits per heavy atom. The highest BCUT2D eigenvalue weighted by Crippen LogP contribution is 2.39. The summed E-state index contributed by atoms with van der Waals surface area (Å²) in [6.07, 6.45) is 0.844. The summed E-state index contributed by atoms with van der Waals surface area (Å²) >= 11 is 0. The Bertz CT molecular complexity index is 647. The Morgan fingerprint density at radius 3 is 2.60 bits per heavy atom. The molecule has 0 aromatic heterocycles. The number of nitrogens with two attached hydrogens (primary N) is 1. The summed E-state index contributed by atoms with van der Waals surface area (Å²) in [6, 6.07) is 15.8. The molecule has 0 saturated carbocycles. The maximum Gasteiger partial charge on any atom is 0.128 e. The van der Waals surface area contributed by atoms with Crippen molar-refractivity contribution in [3.63, 3.8) is 0 Å². The van der Waals surface area contributed by atoms with Gasteiger partial charge in [-0.2, -0.15) is 0 Å². The van der Waals surface area contributed by atoms with Crippen LogP contribution in [0, 0.1) is 0 Å². The van der Waals surface area contributed by atoms with Crippen molar-refractivity contribution in [1.29, 1.82) is 0 Å². The SMILES string of the molecule is CC1=C(CCN)c2cc(Oc3ccccc3)ccc2[N]1. The normalized spacial score (nSPS) is 13.1. The van der Waals surface area contributed by atoms with Crippen LogP contribution in [0.4, 0.5) is 5.69 Å². The Hall–Kier alpha value is -2.26. The fourth-order valence-electron chi connectivity index (χ4n) is 2.45. The van der Waals surface area contributed by atoms with E-state index in [0.29, 0.717) is 6.54 Å². The van der Waals surface area contributed by atoms with Crippen LogP contribution in [-0.4, -0.2) is 6.54 Å². The molecule has 0 aliphatic carbocycles. The lowest BCUT2D eigenvalue weighted by Gasteiger charge is -2.08. The fourth-order valence-corrected chi connectivity index (χ4v) is 2.45. The Kier molecular flexibility index (Phi) is 3.44. The molecule has 20 heavy (non-hydrogen) atoms. The molecule has 0 atom stereocenters. The first kappa shape index (κ1) is 12.8. The molecular formula is C17H17N2O. The number of hydrogen-bond acceptors (Lipinski definition) is 2. The first-order valence-electron chi connectivity index (χ1n) is 6.77. The predicted molar refractivity (Wildman–Crippen MR) is 81.0 cm³/mol. The van der Waals surface area contributed by atoms with E-state index in [2.05, 4.69) is 5.32 Å². The molecule has 0 bridgehead atoms. The van der Waals surface area contributed by atoms with E-state index in [4.69, 9.17) is 10.5 Å². The number of allylic oxidation sites excluding steroid dienone is 1. The second kappa shape index (κ2) is 5.39. The smallest absolute Gasteiger partial charge is 0.128 e. The first-order valence-corrected chi connectivity index (χ1v) is 6.77. The summed E-state index contributed by atoms with van der Waals surface area (Å²) in [6.45, 7) is 2.66. The summed E-state index contributed by atoms with van der Waals surface area (Å²) in [5, 5.41) is 4.57. The number of fused-ring (bicyclic) bond motifs is 1. The molecule has 2 aromatic carbocycles. The second-order valence-electron chi connectivity index (χ2n) is 4.81. The average Bonchev–Trinajstić information content (AvgIpc) is 2.77. The minimum Gasteiger partial charge on any atom is -0.457 e. The molecule has 2 N–H and O–H groups in total. The number of para-hydroxylation sites is 1. The van der Waals surface area contributed by atoms with Crippen molar-refractivity contribution >= 4 is 11.3 Å². The van der Waals surface area contributed by atoms with E-state index >= 15 is 0 Å². The molecule has 3 heteroatoms. The molecule has 2 aromatic rings.